The molecule has 3 heterocycles. The minimum absolute atomic E-state index is 0.0536. The molecule has 0 spiro atoms. The molecule has 0 saturated carbocycles. The zero-order valence-electron chi connectivity index (χ0n) is 17.7. The second-order valence-electron chi connectivity index (χ2n) is 7.59. The summed E-state index contributed by atoms with van der Waals surface area (Å²) in [4.78, 5) is 23.1. The number of ether oxygens (including phenoxy) is 1. The van der Waals surface area contributed by atoms with Gasteiger partial charge >= 0.3 is 0 Å². The van der Waals surface area contributed by atoms with Crippen molar-refractivity contribution in [3.8, 4) is 11.4 Å². The third kappa shape index (κ3) is 4.31. The molecule has 3 aromatic heterocycles. The lowest BCUT2D eigenvalue weighted by Crippen LogP contribution is -2.11. The molecule has 0 saturated heterocycles. The molecule has 7 nitrogen and oxygen atoms in total. The fourth-order valence-corrected chi connectivity index (χ4v) is 4.78. The number of Topliss-reactive ketones (excluding diaryl/α,β-unsaturated/α-hetero) is 1. The zero-order chi connectivity index (χ0) is 22.1. The highest BCUT2D eigenvalue weighted by Crippen LogP contribution is 2.32. The Morgan fingerprint density at radius 1 is 1.26 bits per heavy atom. The highest BCUT2D eigenvalue weighted by Gasteiger charge is 2.19. The SMILES string of the molecule is COc1cc(-n2ccnn2)c(Cl)cc1CC(=O)Cc1cnc2sc(C)nc2c1C(C)C. The van der Waals surface area contributed by atoms with E-state index in [4.69, 9.17) is 16.3 Å². The van der Waals surface area contributed by atoms with Crippen molar-refractivity contribution < 1.29 is 9.53 Å². The van der Waals surface area contributed by atoms with E-state index in [1.807, 2.05) is 13.1 Å². The number of aromatic nitrogens is 5. The fourth-order valence-electron chi connectivity index (χ4n) is 3.73. The molecule has 4 aromatic rings. The predicted octanol–water partition coefficient (Wildman–Crippen LogP) is 4.72. The van der Waals surface area contributed by atoms with Crippen molar-refractivity contribution in [3.63, 3.8) is 0 Å². The number of halogens is 1. The van der Waals surface area contributed by atoms with Crippen molar-refractivity contribution in [3.05, 3.63) is 57.4 Å². The van der Waals surface area contributed by atoms with Crippen LogP contribution in [0, 0.1) is 6.92 Å². The van der Waals surface area contributed by atoms with Crippen molar-refractivity contribution in [2.45, 2.75) is 39.5 Å². The number of ketones is 1. The maximum absolute atomic E-state index is 13.0. The topological polar surface area (TPSA) is 82.8 Å². The zero-order valence-corrected chi connectivity index (χ0v) is 19.3. The van der Waals surface area contributed by atoms with E-state index in [1.165, 1.54) is 0 Å². The molecule has 0 aliphatic heterocycles. The first-order valence-electron chi connectivity index (χ1n) is 9.87. The van der Waals surface area contributed by atoms with Crippen molar-refractivity contribution in [2.24, 2.45) is 0 Å². The Balaban J connectivity index is 1.62. The van der Waals surface area contributed by atoms with Crippen molar-refractivity contribution in [2.75, 3.05) is 7.11 Å². The van der Waals surface area contributed by atoms with E-state index < -0.39 is 0 Å². The summed E-state index contributed by atoms with van der Waals surface area (Å²) >= 11 is 8.03. The van der Waals surface area contributed by atoms with E-state index in [9.17, 15) is 4.79 Å². The summed E-state index contributed by atoms with van der Waals surface area (Å²) in [5.74, 6) is 0.870. The number of methoxy groups -OCH3 is 1. The summed E-state index contributed by atoms with van der Waals surface area (Å²) in [7, 11) is 1.57. The number of nitrogens with zero attached hydrogens (tertiary/aromatic N) is 5. The van der Waals surface area contributed by atoms with Gasteiger partial charge in [0.05, 0.1) is 35.2 Å². The first-order valence-corrected chi connectivity index (χ1v) is 11.1. The van der Waals surface area contributed by atoms with Gasteiger partial charge in [0, 0.05) is 30.7 Å². The molecule has 0 radical (unpaired) electrons. The number of fused-ring (bicyclic) bond motifs is 1. The van der Waals surface area contributed by atoms with Gasteiger partial charge < -0.3 is 4.74 Å². The summed E-state index contributed by atoms with van der Waals surface area (Å²) in [6.45, 7) is 6.20. The number of aryl methyl sites for hydroxylation is 1. The average Bonchev–Trinajstić information content (AvgIpc) is 3.36. The number of hydrogen-bond donors (Lipinski definition) is 0. The van der Waals surface area contributed by atoms with Gasteiger partial charge in [-0.05, 0) is 30.0 Å². The highest BCUT2D eigenvalue weighted by molar-refractivity contribution is 7.18. The standard InChI is InChI=1S/C22H22ClN5O2S/c1-12(2)20-15(11-24-22-21(20)26-13(3)31-22)8-16(29)7-14-9-17(23)18(10-19(14)30-4)28-6-5-25-27-28/h5-6,9-12H,7-8H2,1-4H3. The van der Waals surface area contributed by atoms with Crippen LogP contribution in [-0.2, 0) is 17.6 Å². The number of carbonyl (C=O) groups excluding carboxylic acids is 1. The molecular formula is C22H22ClN5O2S. The summed E-state index contributed by atoms with van der Waals surface area (Å²) < 4.78 is 7.08. The third-order valence-corrected chi connectivity index (χ3v) is 6.21. The molecule has 0 atom stereocenters. The molecular weight excluding hydrogens is 434 g/mol. The minimum atomic E-state index is 0.0536. The Morgan fingerprint density at radius 2 is 2.03 bits per heavy atom. The number of thiazole rings is 1. The maximum Gasteiger partial charge on any atom is 0.143 e. The number of hydrogen-bond acceptors (Lipinski definition) is 7. The van der Waals surface area contributed by atoms with Crippen LogP contribution in [0.1, 0.15) is 41.5 Å². The predicted molar refractivity (Wildman–Crippen MR) is 122 cm³/mol. The Hall–Kier alpha value is -2.84. The molecule has 0 unspecified atom stereocenters. The normalized spacial score (nSPS) is 11.4. The van der Waals surface area contributed by atoms with E-state index in [0.29, 0.717) is 16.5 Å². The van der Waals surface area contributed by atoms with Crippen molar-refractivity contribution in [1.29, 1.82) is 0 Å². The van der Waals surface area contributed by atoms with Crippen LogP contribution in [0.25, 0.3) is 16.0 Å². The second kappa shape index (κ2) is 8.72. The number of pyridine rings is 1. The second-order valence-corrected chi connectivity index (χ2v) is 9.18. The third-order valence-electron chi connectivity index (χ3n) is 5.03. The molecule has 9 heteroatoms. The first kappa shape index (κ1) is 21.4. The van der Waals surface area contributed by atoms with Crippen LogP contribution < -0.4 is 4.74 Å². The molecule has 0 amide bonds. The molecule has 0 N–H and O–H groups in total. The van der Waals surface area contributed by atoms with E-state index in [1.54, 1.807) is 47.7 Å². The maximum atomic E-state index is 13.0. The first-order chi connectivity index (χ1) is 14.9. The van der Waals surface area contributed by atoms with Gasteiger partial charge in [0.25, 0.3) is 0 Å². The van der Waals surface area contributed by atoms with Crippen LogP contribution in [0.4, 0.5) is 0 Å². The Bertz CT molecular complexity index is 1250. The van der Waals surface area contributed by atoms with Crippen LogP contribution >= 0.6 is 22.9 Å². The quantitative estimate of drug-likeness (QED) is 0.401. The van der Waals surface area contributed by atoms with Crippen LogP contribution in [0.3, 0.4) is 0 Å². The van der Waals surface area contributed by atoms with E-state index in [0.717, 1.165) is 32.0 Å². The molecule has 0 bridgehead atoms. The molecule has 1 aromatic carbocycles. The van der Waals surface area contributed by atoms with Crippen LogP contribution in [-0.4, -0.2) is 37.9 Å². The lowest BCUT2D eigenvalue weighted by Gasteiger charge is -2.14. The summed E-state index contributed by atoms with van der Waals surface area (Å²) in [6, 6.07) is 3.52. The van der Waals surface area contributed by atoms with E-state index >= 15 is 0 Å². The lowest BCUT2D eigenvalue weighted by atomic mass is 9.93. The lowest BCUT2D eigenvalue weighted by molar-refractivity contribution is -0.117. The van der Waals surface area contributed by atoms with E-state index in [-0.39, 0.29) is 24.5 Å². The number of rotatable bonds is 7. The van der Waals surface area contributed by atoms with Crippen molar-refractivity contribution in [1.82, 2.24) is 25.0 Å². The van der Waals surface area contributed by atoms with Gasteiger partial charge in [-0.2, -0.15) is 0 Å². The van der Waals surface area contributed by atoms with Crippen LogP contribution in [0.2, 0.25) is 5.02 Å². The van der Waals surface area contributed by atoms with Gasteiger partial charge in [0.2, 0.25) is 0 Å². The van der Waals surface area contributed by atoms with Gasteiger partial charge in [-0.15, -0.1) is 5.10 Å². The Labute approximate surface area is 189 Å². The van der Waals surface area contributed by atoms with Gasteiger partial charge in [-0.25, -0.2) is 14.6 Å². The van der Waals surface area contributed by atoms with Gasteiger partial charge in [-0.3, -0.25) is 4.79 Å². The number of benzene rings is 1. The summed E-state index contributed by atoms with van der Waals surface area (Å²) in [5, 5.41) is 9.22. The highest BCUT2D eigenvalue weighted by atomic mass is 35.5. The fraction of sp³-hybridized carbons (Fsp3) is 0.318. The molecule has 0 fully saturated rings. The van der Waals surface area contributed by atoms with Gasteiger partial charge in [-0.1, -0.05) is 42.0 Å². The monoisotopic (exact) mass is 455 g/mol. The van der Waals surface area contributed by atoms with Crippen LogP contribution in [0.15, 0.2) is 30.7 Å². The molecule has 4 rings (SSSR count). The minimum Gasteiger partial charge on any atom is -0.496 e. The van der Waals surface area contributed by atoms with Gasteiger partial charge in [0.1, 0.15) is 21.9 Å². The van der Waals surface area contributed by atoms with Gasteiger partial charge in [0.15, 0.2) is 0 Å². The molecule has 0 aliphatic carbocycles. The number of carbonyl (C=O) groups is 1. The summed E-state index contributed by atoms with van der Waals surface area (Å²) in [5.41, 5.74) is 4.28. The summed E-state index contributed by atoms with van der Waals surface area (Å²) in [6.07, 6.45) is 5.56. The Morgan fingerprint density at radius 3 is 2.71 bits per heavy atom. The molecule has 31 heavy (non-hydrogen) atoms. The van der Waals surface area contributed by atoms with E-state index in [2.05, 4.69) is 34.1 Å². The Kier molecular flexibility index (Phi) is 6.02. The largest absolute Gasteiger partial charge is 0.496 e. The molecule has 0 aliphatic rings. The smallest absolute Gasteiger partial charge is 0.143 e. The molecule has 160 valence electrons. The average molecular weight is 456 g/mol. The van der Waals surface area contributed by atoms with Crippen LogP contribution in [0.5, 0.6) is 5.75 Å². The van der Waals surface area contributed by atoms with Crippen molar-refractivity contribution >= 4 is 39.1 Å².